The number of morpholine rings is 1. The van der Waals surface area contributed by atoms with Crippen molar-refractivity contribution in [3.63, 3.8) is 0 Å². The van der Waals surface area contributed by atoms with Crippen molar-refractivity contribution in [3.8, 4) is 0 Å². The second-order valence-corrected chi connectivity index (χ2v) is 6.11. The first-order valence-electron chi connectivity index (χ1n) is 8.25. The minimum absolute atomic E-state index is 0.0264. The molecule has 1 amide bonds. The average molecular weight is 339 g/mol. The van der Waals surface area contributed by atoms with Crippen LogP contribution in [0.15, 0.2) is 54.9 Å². The van der Waals surface area contributed by atoms with E-state index in [9.17, 15) is 9.18 Å². The van der Waals surface area contributed by atoms with Gasteiger partial charge in [0, 0.05) is 6.54 Å². The molecule has 1 aliphatic heterocycles. The van der Waals surface area contributed by atoms with E-state index in [2.05, 4.69) is 4.98 Å². The van der Waals surface area contributed by atoms with E-state index in [4.69, 9.17) is 4.74 Å². The number of carbonyl (C=O) groups excluding carboxylic acids is 1. The molecule has 1 aliphatic rings. The second kappa shape index (κ2) is 6.64. The first kappa shape index (κ1) is 15.8. The molecule has 6 heteroatoms. The molecule has 1 saturated heterocycles. The van der Waals surface area contributed by atoms with Gasteiger partial charge in [0.2, 0.25) is 5.91 Å². The summed E-state index contributed by atoms with van der Waals surface area (Å²) in [6, 6.07) is 14.0. The van der Waals surface area contributed by atoms with Gasteiger partial charge in [0.15, 0.2) is 0 Å². The van der Waals surface area contributed by atoms with Gasteiger partial charge in [0.05, 0.1) is 30.5 Å². The normalized spacial score (nSPS) is 17.8. The second-order valence-electron chi connectivity index (χ2n) is 6.11. The highest BCUT2D eigenvalue weighted by atomic mass is 19.1. The summed E-state index contributed by atoms with van der Waals surface area (Å²) < 4.78 is 20.7. The molecule has 1 aromatic heterocycles. The van der Waals surface area contributed by atoms with Crippen molar-refractivity contribution in [2.75, 3.05) is 19.7 Å². The van der Waals surface area contributed by atoms with Crippen LogP contribution in [0.3, 0.4) is 0 Å². The van der Waals surface area contributed by atoms with Crippen molar-refractivity contribution in [2.45, 2.75) is 12.6 Å². The molecule has 0 bridgehead atoms. The van der Waals surface area contributed by atoms with E-state index in [1.807, 2.05) is 28.8 Å². The Bertz CT molecular complexity index is 891. The van der Waals surface area contributed by atoms with Gasteiger partial charge in [-0.3, -0.25) is 4.79 Å². The number of halogens is 1. The Labute approximate surface area is 144 Å². The maximum absolute atomic E-state index is 13.1. The van der Waals surface area contributed by atoms with Crippen LogP contribution in [0.5, 0.6) is 0 Å². The van der Waals surface area contributed by atoms with Crippen molar-refractivity contribution >= 4 is 16.9 Å². The molecule has 128 valence electrons. The Morgan fingerprint density at radius 1 is 1.20 bits per heavy atom. The molecule has 3 aromatic rings. The Kier molecular flexibility index (Phi) is 4.19. The number of carbonyl (C=O) groups is 1. The van der Waals surface area contributed by atoms with Crippen LogP contribution in [0.2, 0.25) is 0 Å². The molecule has 0 radical (unpaired) electrons. The quantitative estimate of drug-likeness (QED) is 0.737. The van der Waals surface area contributed by atoms with E-state index in [-0.39, 0.29) is 24.4 Å². The number of para-hydroxylation sites is 2. The molecular formula is C19H18FN3O2. The Morgan fingerprint density at radius 3 is 2.84 bits per heavy atom. The standard InChI is InChI=1S/C19H18FN3O2/c20-15-7-5-14(6-8-15)18-11-22(9-10-25-18)19(24)12-23-13-21-16-3-1-2-4-17(16)23/h1-8,13,18H,9-12H2/t18-/m1/s1. The van der Waals surface area contributed by atoms with Gasteiger partial charge in [-0.25, -0.2) is 9.37 Å². The highest BCUT2D eigenvalue weighted by Crippen LogP contribution is 2.23. The number of imidazole rings is 1. The molecule has 4 rings (SSSR count). The maximum Gasteiger partial charge on any atom is 0.242 e. The molecule has 25 heavy (non-hydrogen) atoms. The number of ether oxygens (including phenoxy) is 1. The number of hydrogen-bond acceptors (Lipinski definition) is 3. The molecule has 0 N–H and O–H groups in total. The zero-order chi connectivity index (χ0) is 17.2. The third kappa shape index (κ3) is 3.25. The molecule has 2 heterocycles. The molecular weight excluding hydrogens is 321 g/mol. The zero-order valence-corrected chi connectivity index (χ0v) is 13.6. The monoisotopic (exact) mass is 339 g/mol. The van der Waals surface area contributed by atoms with E-state index in [0.717, 1.165) is 16.6 Å². The molecule has 5 nitrogen and oxygen atoms in total. The number of hydrogen-bond donors (Lipinski definition) is 0. The molecule has 0 aliphatic carbocycles. The fraction of sp³-hybridized carbons (Fsp3) is 0.263. The lowest BCUT2D eigenvalue weighted by molar-refractivity contribution is -0.139. The first-order valence-corrected chi connectivity index (χ1v) is 8.25. The Hall–Kier alpha value is -2.73. The minimum atomic E-state index is -0.278. The number of aromatic nitrogens is 2. The third-order valence-corrected chi connectivity index (χ3v) is 4.49. The number of benzene rings is 2. The van der Waals surface area contributed by atoms with Crippen molar-refractivity contribution in [3.05, 3.63) is 66.2 Å². The lowest BCUT2D eigenvalue weighted by Crippen LogP contribution is -2.43. The molecule has 1 fully saturated rings. The zero-order valence-electron chi connectivity index (χ0n) is 13.6. The third-order valence-electron chi connectivity index (χ3n) is 4.49. The summed E-state index contributed by atoms with van der Waals surface area (Å²) in [5.74, 6) is -0.252. The van der Waals surface area contributed by atoms with Gasteiger partial charge >= 0.3 is 0 Å². The van der Waals surface area contributed by atoms with Crippen molar-refractivity contribution in [1.29, 1.82) is 0 Å². The van der Waals surface area contributed by atoms with E-state index < -0.39 is 0 Å². The number of fused-ring (bicyclic) bond motifs is 1. The van der Waals surface area contributed by atoms with Crippen LogP contribution in [-0.4, -0.2) is 40.1 Å². The lowest BCUT2D eigenvalue weighted by atomic mass is 10.1. The number of amides is 1. The predicted molar refractivity (Wildman–Crippen MR) is 91.4 cm³/mol. The van der Waals surface area contributed by atoms with E-state index in [0.29, 0.717) is 19.7 Å². The molecule has 0 unspecified atom stereocenters. The van der Waals surface area contributed by atoms with Gasteiger partial charge in [-0.1, -0.05) is 24.3 Å². The number of rotatable bonds is 3. The largest absolute Gasteiger partial charge is 0.370 e. The van der Waals surface area contributed by atoms with E-state index in [1.165, 1.54) is 12.1 Å². The van der Waals surface area contributed by atoms with Gasteiger partial charge in [0.1, 0.15) is 18.5 Å². The van der Waals surface area contributed by atoms with Crippen LogP contribution in [0.25, 0.3) is 11.0 Å². The van der Waals surface area contributed by atoms with Gasteiger partial charge < -0.3 is 14.2 Å². The van der Waals surface area contributed by atoms with E-state index >= 15 is 0 Å². The average Bonchev–Trinajstić information content (AvgIpc) is 3.05. The van der Waals surface area contributed by atoms with Crippen LogP contribution < -0.4 is 0 Å². The van der Waals surface area contributed by atoms with Crippen molar-refractivity contribution in [1.82, 2.24) is 14.5 Å². The number of nitrogens with zero attached hydrogens (tertiary/aromatic N) is 3. The highest BCUT2D eigenvalue weighted by Gasteiger charge is 2.25. The summed E-state index contributed by atoms with van der Waals surface area (Å²) in [7, 11) is 0. The topological polar surface area (TPSA) is 47.4 Å². The maximum atomic E-state index is 13.1. The molecule has 2 aromatic carbocycles. The SMILES string of the molecule is O=C(Cn1cnc2ccccc21)N1CCO[C@@H](c2ccc(F)cc2)C1. The summed E-state index contributed by atoms with van der Waals surface area (Å²) in [6.07, 6.45) is 1.47. The first-order chi connectivity index (χ1) is 12.2. The van der Waals surface area contributed by atoms with Crippen molar-refractivity contribution in [2.24, 2.45) is 0 Å². The predicted octanol–water partition coefficient (Wildman–Crippen LogP) is 2.78. The minimum Gasteiger partial charge on any atom is -0.370 e. The van der Waals surface area contributed by atoms with Gasteiger partial charge in [0.25, 0.3) is 0 Å². The van der Waals surface area contributed by atoms with Crippen molar-refractivity contribution < 1.29 is 13.9 Å². The van der Waals surface area contributed by atoms with Crippen LogP contribution in [0.4, 0.5) is 4.39 Å². The van der Waals surface area contributed by atoms with Crippen LogP contribution in [0.1, 0.15) is 11.7 Å². The summed E-state index contributed by atoms with van der Waals surface area (Å²) in [5, 5.41) is 0. The van der Waals surface area contributed by atoms with Crippen LogP contribution >= 0.6 is 0 Å². The van der Waals surface area contributed by atoms with E-state index in [1.54, 1.807) is 23.4 Å². The van der Waals surface area contributed by atoms with Crippen LogP contribution in [0, 0.1) is 5.82 Å². The molecule has 0 spiro atoms. The van der Waals surface area contributed by atoms with Gasteiger partial charge in [-0.2, -0.15) is 0 Å². The van der Waals surface area contributed by atoms with Gasteiger partial charge in [-0.15, -0.1) is 0 Å². The smallest absolute Gasteiger partial charge is 0.242 e. The summed E-state index contributed by atoms with van der Waals surface area (Å²) >= 11 is 0. The molecule has 1 atom stereocenters. The fourth-order valence-electron chi connectivity index (χ4n) is 3.14. The Balaban J connectivity index is 1.47. The lowest BCUT2D eigenvalue weighted by Gasteiger charge is -2.33. The van der Waals surface area contributed by atoms with Crippen LogP contribution in [-0.2, 0) is 16.1 Å². The molecule has 0 saturated carbocycles. The highest BCUT2D eigenvalue weighted by molar-refractivity contribution is 5.80. The Morgan fingerprint density at radius 2 is 2.00 bits per heavy atom. The fourth-order valence-corrected chi connectivity index (χ4v) is 3.14. The summed E-state index contributed by atoms with van der Waals surface area (Å²) in [5.41, 5.74) is 2.70. The summed E-state index contributed by atoms with van der Waals surface area (Å²) in [6.45, 7) is 1.75. The summed E-state index contributed by atoms with van der Waals surface area (Å²) in [4.78, 5) is 18.8. The van der Waals surface area contributed by atoms with Gasteiger partial charge in [-0.05, 0) is 29.8 Å².